The number of hydrogen-bond acceptors (Lipinski definition) is 6. The van der Waals surface area contributed by atoms with Gasteiger partial charge in [-0.3, -0.25) is 4.79 Å². The Kier molecular flexibility index (Phi) is 7.67. The van der Waals surface area contributed by atoms with E-state index in [1.54, 1.807) is 21.3 Å². The average molecular weight is 509 g/mol. The second-order valence-corrected chi connectivity index (χ2v) is 10.8. The number of methoxy groups -OCH3 is 3. The smallest absolute Gasteiger partial charge is 0.227 e. The summed E-state index contributed by atoms with van der Waals surface area (Å²) in [5, 5.41) is 3.61. The van der Waals surface area contributed by atoms with Crippen LogP contribution in [0.4, 0.5) is 0 Å². The Morgan fingerprint density at radius 3 is 2.58 bits per heavy atom. The van der Waals surface area contributed by atoms with E-state index in [0.29, 0.717) is 18.1 Å². The Morgan fingerprint density at radius 1 is 1.00 bits per heavy atom. The summed E-state index contributed by atoms with van der Waals surface area (Å²) in [5.41, 5.74) is 3.65. The number of piperidine rings is 1. The van der Waals surface area contributed by atoms with Crippen LogP contribution >= 0.6 is 11.3 Å². The van der Waals surface area contributed by atoms with Crippen LogP contribution in [0.5, 0.6) is 17.2 Å². The van der Waals surface area contributed by atoms with Crippen molar-refractivity contribution >= 4 is 27.3 Å². The molecule has 0 aliphatic carbocycles. The molecule has 3 heterocycles. The van der Waals surface area contributed by atoms with Crippen molar-refractivity contribution in [3.63, 3.8) is 0 Å². The van der Waals surface area contributed by atoms with Gasteiger partial charge in [0.2, 0.25) is 5.91 Å². The summed E-state index contributed by atoms with van der Waals surface area (Å²) >= 11 is 1.81. The maximum atomic E-state index is 13.2. The third-order valence-electron chi connectivity index (χ3n) is 7.69. The molecule has 5 rings (SSSR count). The number of fused-ring (bicyclic) bond motifs is 2. The Morgan fingerprint density at radius 2 is 1.81 bits per heavy atom. The molecule has 0 spiro atoms. The van der Waals surface area contributed by atoms with Gasteiger partial charge in [0.25, 0.3) is 0 Å². The molecule has 0 saturated carbocycles. The molecule has 2 aliphatic heterocycles. The summed E-state index contributed by atoms with van der Waals surface area (Å²) in [6.07, 6.45) is 4.71. The van der Waals surface area contributed by atoms with Crippen LogP contribution in [0.25, 0.3) is 10.1 Å². The van der Waals surface area contributed by atoms with E-state index in [4.69, 9.17) is 14.2 Å². The van der Waals surface area contributed by atoms with Crippen LogP contribution in [-0.2, 0) is 24.1 Å². The van der Waals surface area contributed by atoms with Crippen molar-refractivity contribution in [3.8, 4) is 17.2 Å². The fourth-order valence-electron chi connectivity index (χ4n) is 5.68. The first-order valence-electron chi connectivity index (χ1n) is 12.9. The third-order valence-corrected chi connectivity index (χ3v) is 8.70. The first kappa shape index (κ1) is 24.9. The summed E-state index contributed by atoms with van der Waals surface area (Å²) in [5.74, 6) is 3.08. The zero-order valence-electron chi connectivity index (χ0n) is 21.5. The van der Waals surface area contributed by atoms with Crippen LogP contribution < -0.4 is 14.2 Å². The minimum atomic E-state index is 0.219. The molecule has 1 unspecified atom stereocenters. The van der Waals surface area contributed by atoms with Crippen molar-refractivity contribution in [1.82, 2.24) is 9.80 Å². The number of nitrogens with zero attached hydrogens (tertiary/aromatic N) is 2. The van der Waals surface area contributed by atoms with Crippen LogP contribution in [0.2, 0.25) is 0 Å². The number of rotatable bonds is 8. The molecular formula is C29H36N2O4S. The maximum Gasteiger partial charge on any atom is 0.227 e. The monoisotopic (exact) mass is 508 g/mol. The number of benzene rings is 2. The molecule has 1 saturated heterocycles. The van der Waals surface area contributed by atoms with Gasteiger partial charge in [0.15, 0.2) is 11.5 Å². The summed E-state index contributed by atoms with van der Waals surface area (Å²) in [4.78, 5) is 17.9. The van der Waals surface area contributed by atoms with E-state index in [0.717, 1.165) is 62.6 Å². The van der Waals surface area contributed by atoms with Crippen molar-refractivity contribution in [2.75, 3.05) is 54.1 Å². The van der Waals surface area contributed by atoms with Crippen molar-refractivity contribution in [2.45, 2.75) is 32.1 Å². The van der Waals surface area contributed by atoms with Gasteiger partial charge in [-0.15, -0.1) is 11.3 Å². The molecule has 192 valence electrons. The lowest BCUT2D eigenvalue weighted by molar-refractivity contribution is -0.131. The molecule has 1 fully saturated rings. The first-order valence-corrected chi connectivity index (χ1v) is 13.7. The molecule has 1 atom stereocenters. The van der Waals surface area contributed by atoms with Crippen LogP contribution in [0.1, 0.15) is 29.5 Å². The van der Waals surface area contributed by atoms with Crippen LogP contribution in [0.15, 0.2) is 35.7 Å². The lowest BCUT2D eigenvalue weighted by Gasteiger charge is -2.35. The van der Waals surface area contributed by atoms with Gasteiger partial charge in [-0.1, -0.05) is 0 Å². The standard InChI is InChI=1S/C29H36N2O4S/c1-33-24-6-7-28-25(16-24)22(19-36-28)8-11-30-10-4-5-20(17-30)18-31-12-9-21-13-26(34-2)27(35-3)14-23(21)15-29(31)32/h6-7,13-14,16,19-20H,4-5,8-12,15,17-18H2,1-3H3. The molecule has 0 bridgehead atoms. The fourth-order valence-corrected chi connectivity index (χ4v) is 6.66. The zero-order chi connectivity index (χ0) is 25.1. The number of likely N-dealkylation sites (tertiary alicyclic amines) is 1. The van der Waals surface area contributed by atoms with E-state index in [-0.39, 0.29) is 5.91 Å². The SMILES string of the molecule is COc1ccc2scc(CCN3CCCC(CN4CCc5cc(OC)c(OC)cc5CC4=O)C3)c2c1. The molecule has 2 aliphatic rings. The topological polar surface area (TPSA) is 51.2 Å². The number of hydrogen-bond donors (Lipinski definition) is 0. The summed E-state index contributed by atoms with van der Waals surface area (Å²) in [6, 6.07) is 10.4. The number of carbonyl (C=O) groups excluding carboxylic acids is 1. The van der Waals surface area contributed by atoms with Gasteiger partial charge in [-0.25, -0.2) is 0 Å². The average Bonchev–Trinajstić information content (AvgIpc) is 3.25. The molecular weight excluding hydrogens is 472 g/mol. The van der Waals surface area contributed by atoms with Crippen LogP contribution in [0, 0.1) is 5.92 Å². The molecule has 7 heteroatoms. The third kappa shape index (κ3) is 5.32. The lowest BCUT2D eigenvalue weighted by Crippen LogP contribution is -2.43. The van der Waals surface area contributed by atoms with Crippen molar-refractivity contribution in [2.24, 2.45) is 5.92 Å². The van der Waals surface area contributed by atoms with E-state index in [2.05, 4.69) is 27.3 Å². The normalized spacial score (nSPS) is 18.7. The highest BCUT2D eigenvalue weighted by atomic mass is 32.1. The minimum absolute atomic E-state index is 0.219. The maximum absolute atomic E-state index is 13.2. The van der Waals surface area contributed by atoms with Gasteiger partial charge in [0.1, 0.15) is 5.75 Å². The van der Waals surface area contributed by atoms with Crippen molar-refractivity contribution in [1.29, 1.82) is 0 Å². The fraction of sp³-hybridized carbons (Fsp3) is 0.483. The first-order chi connectivity index (χ1) is 17.6. The quantitative estimate of drug-likeness (QED) is 0.437. The van der Waals surface area contributed by atoms with Gasteiger partial charge >= 0.3 is 0 Å². The second-order valence-electron chi connectivity index (χ2n) is 9.92. The van der Waals surface area contributed by atoms with Gasteiger partial charge in [0.05, 0.1) is 27.8 Å². The second kappa shape index (κ2) is 11.1. The van der Waals surface area contributed by atoms with E-state index in [1.165, 1.54) is 34.1 Å². The van der Waals surface area contributed by atoms with Gasteiger partial charge in [-0.2, -0.15) is 0 Å². The number of thiophene rings is 1. The summed E-state index contributed by atoms with van der Waals surface area (Å²) in [6.45, 7) is 4.86. The van der Waals surface area contributed by atoms with E-state index < -0.39 is 0 Å². The molecule has 0 N–H and O–H groups in total. The lowest BCUT2D eigenvalue weighted by atomic mass is 9.96. The Labute approximate surface area is 217 Å². The predicted molar refractivity (Wildman–Crippen MR) is 145 cm³/mol. The van der Waals surface area contributed by atoms with Crippen molar-refractivity contribution in [3.05, 3.63) is 52.4 Å². The Balaban J connectivity index is 1.19. The highest BCUT2D eigenvalue weighted by Crippen LogP contribution is 2.33. The highest BCUT2D eigenvalue weighted by Gasteiger charge is 2.27. The van der Waals surface area contributed by atoms with Crippen LogP contribution in [0.3, 0.4) is 0 Å². The number of amides is 1. The zero-order valence-corrected chi connectivity index (χ0v) is 22.4. The Bertz CT molecular complexity index is 1220. The van der Waals surface area contributed by atoms with E-state index in [9.17, 15) is 4.79 Å². The molecule has 3 aromatic rings. The number of carbonyl (C=O) groups is 1. The van der Waals surface area contributed by atoms with Gasteiger partial charge < -0.3 is 24.0 Å². The summed E-state index contributed by atoms with van der Waals surface area (Å²) in [7, 11) is 5.02. The van der Waals surface area contributed by atoms with E-state index in [1.807, 2.05) is 29.5 Å². The minimum Gasteiger partial charge on any atom is -0.497 e. The van der Waals surface area contributed by atoms with Gasteiger partial charge in [-0.05, 0) is 95.9 Å². The largest absolute Gasteiger partial charge is 0.497 e. The molecule has 36 heavy (non-hydrogen) atoms. The predicted octanol–water partition coefficient (Wildman–Crippen LogP) is 4.81. The van der Waals surface area contributed by atoms with Crippen LogP contribution in [-0.4, -0.2) is 69.8 Å². The van der Waals surface area contributed by atoms with Crippen molar-refractivity contribution < 1.29 is 19.0 Å². The summed E-state index contributed by atoms with van der Waals surface area (Å²) < 4.78 is 17.7. The van der Waals surface area contributed by atoms with E-state index >= 15 is 0 Å². The molecule has 0 radical (unpaired) electrons. The molecule has 6 nitrogen and oxygen atoms in total. The molecule has 1 aromatic heterocycles. The number of ether oxygens (including phenoxy) is 3. The molecule has 1 amide bonds. The Hall–Kier alpha value is -2.77. The highest BCUT2D eigenvalue weighted by molar-refractivity contribution is 7.17. The van der Waals surface area contributed by atoms with Gasteiger partial charge in [0, 0.05) is 30.9 Å². The molecule has 2 aromatic carbocycles.